The van der Waals surface area contributed by atoms with Crippen LogP contribution in [0.2, 0.25) is 0 Å². The molecular formula is C16H28O2. The molecule has 1 N–H and O–H groups in total. The Morgan fingerprint density at radius 1 is 1.11 bits per heavy atom. The van der Waals surface area contributed by atoms with Gasteiger partial charge in [0.2, 0.25) is 0 Å². The second-order valence-electron chi connectivity index (χ2n) is 6.67. The summed E-state index contributed by atoms with van der Waals surface area (Å²) in [5.74, 6) is 2.72. The van der Waals surface area contributed by atoms with Gasteiger partial charge in [0.25, 0.3) is 0 Å². The third kappa shape index (κ3) is 2.90. The van der Waals surface area contributed by atoms with Gasteiger partial charge < -0.3 is 9.84 Å². The number of methoxy groups -OCH3 is 1. The Labute approximate surface area is 111 Å². The first-order valence-electron chi connectivity index (χ1n) is 7.45. The molecule has 18 heavy (non-hydrogen) atoms. The predicted molar refractivity (Wildman–Crippen MR) is 74.2 cm³/mol. The van der Waals surface area contributed by atoms with Crippen molar-refractivity contribution in [1.82, 2.24) is 0 Å². The average Bonchev–Trinajstić information content (AvgIpc) is 2.39. The highest BCUT2D eigenvalue weighted by molar-refractivity contribution is 5.02. The number of rotatable bonds is 3. The van der Waals surface area contributed by atoms with Crippen LogP contribution in [0.15, 0.2) is 11.8 Å². The van der Waals surface area contributed by atoms with E-state index in [1.54, 1.807) is 7.11 Å². The SMILES string of the molecule is COC1=CCC(C(C)(C)C2CCC(O)CC2)CC1. The number of aliphatic hydroxyl groups excluding tert-OH is 1. The summed E-state index contributed by atoms with van der Waals surface area (Å²) in [5.41, 5.74) is 0.399. The van der Waals surface area contributed by atoms with Crippen molar-refractivity contribution in [2.75, 3.05) is 7.11 Å². The maximum atomic E-state index is 9.64. The highest BCUT2D eigenvalue weighted by Crippen LogP contribution is 2.47. The highest BCUT2D eigenvalue weighted by Gasteiger charge is 2.39. The average molecular weight is 252 g/mol. The normalized spacial score (nSPS) is 34.0. The van der Waals surface area contributed by atoms with Crippen molar-refractivity contribution in [3.63, 3.8) is 0 Å². The standard InChI is InChI=1S/C16H28O2/c1-16(2,12-4-8-14(17)9-5-12)13-6-10-15(18-3)11-7-13/h10,12-14,17H,4-9,11H2,1-3H3. The van der Waals surface area contributed by atoms with E-state index >= 15 is 0 Å². The number of hydrogen-bond acceptors (Lipinski definition) is 2. The van der Waals surface area contributed by atoms with Gasteiger partial charge in [-0.25, -0.2) is 0 Å². The van der Waals surface area contributed by atoms with Gasteiger partial charge in [0.15, 0.2) is 0 Å². The minimum atomic E-state index is -0.0385. The minimum Gasteiger partial charge on any atom is -0.501 e. The van der Waals surface area contributed by atoms with Gasteiger partial charge >= 0.3 is 0 Å². The summed E-state index contributed by atoms with van der Waals surface area (Å²) in [5, 5.41) is 9.64. The molecule has 2 aliphatic rings. The molecular weight excluding hydrogens is 224 g/mol. The van der Waals surface area contributed by atoms with E-state index in [-0.39, 0.29) is 6.10 Å². The van der Waals surface area contributed by atoms with Crippen molar-refractivity contribution in [3.05, 3.63) is 11.8 Å². The lowest BCUT2D eigenvalue weighted by atomic mass is 9.61. The van der Waals surface area contributed by atoms with Crippen LogP contribution in [0.4, 0.5) is 0 Å². The molecule has 104 valence electrons. The van der Waals surface area contributed by atoms with E-state index in [4.69, 9.17) is 4.74 Å². The lowest BCUT2D eigenvalue weighted by molar-refractivity contribution is 0.0285. The quantitative estimate of drug-likeness (QED) is 0.825. The molecule has 2 aliphatic carbocycles. The van der Waals surface area contributed by atoms with Gasteiger partial charge in [-0.3, -0.25) is 0 Å². The summed E-state index contributed by atoms with van der Waals surface area (Å²) in [6.07, 6.45) is 10.2. The molecule has 0 amide bonds. The van der Waals surface area contributed by atoms with Crippen LogP contribution in [0.1, 0.15) is 58.8 Å². The molecule has 0 aliphatic heterocycles. The van der Waals surface area contributed by atoms with E-state index in [0.717, 1.165) is 37.5 Å². The van der Waals surface area contributed by atoms with Crippen molar-refractivity contribution >= 4 is 0 Å². The van der Waals surface area contributed by atoms with Gasteiger partial charge in [0, 0.05) is 6.42 Å². The predicted octanol–water partition coefficient (Wildman–Crippen LogP) is 3.89. The van der Waals surface area contributed by atoms with Crippen LogP contribution < -0.4 is 0 Å². The van der Waals surface area contributed by atoms with Crippen LogP contribution in [0.25, 0.3) is 0 Å². The molecule has 1 atom stereocenters. The summed E-state index contributed by atoms with van der Waals surface area (Å²) in [6.45, 7) is 4.87. The number of hydrogen-bond donors (Lipinski definition) is 1. The molecule has 0 heterocycles. The molecule has 0 aromatic carbocycles. The van der Waals surface area contributed by atoms with Crippen LogP contribution >= 0.6 is 0 Å². The fourth-order valence-corrected chi connectivity index (χ4v) is 3.82. The van der Waals surface area contributed by atoms with Gasteiger partial charge in [-0.2, -0.15) is 0 Å². The number of ether oxygens (including phenoxy) is 1. The van der Waals surface area contributed by atoms with Gasteiger partial charge in [-0.15, -0.1) is 0 Å². The Balaban J connectivity index is 1.96. The largest absolute Gasteiger partial charge is 0.501 e. The van der Waals surface area contributed by atoms with E-state index in [0.29, 0.717) is 5.41 Å². The van der Waals surface area contributed by atoms with Gasteiger partial charge in [0.1, 0.15) is 0 Å². The van der Waals surface area contributed by atoms with Crippen molar-refractivity contribution in [3.8, 4) is 0 Å². The number of allylic oxidation sites excluding steroid dienone is 2. The van der Waals surface area contributed by atoms with Crippen molar-refractivity contribution in [2.24, 2.45) is 17.3 Å². The summed E-state index contributed by atoms with van der Waals surface area (Å²) >= 11 is 0. The third-order valence-corrected chi connectivity index (χ3v) is 5.43. The van der Waals surface area contributed by atoms with Crippen LogP contribution in [0.3, 0.4) is 0 Å². The summed E-state index contributed by atoms with van der Waals surface area (Å²) in [6, 6.07) is 0. The van der Waals surface area contributed by atoms with Crippen molar-refractivity contribution in [2.45, 2.75) is 64.9 Å². The molecule has 0 bridgehead atoms. The maximum absolute atomic E-state index is 9.64. The van der Waals surface area contributed by atoms with E-state index in [2.05, 4.69) is 19.9 Å². The molecule has 1 fully saturated rings. The maximum Gasteiger partial charge on any atom is 0.0915 e. The monoisotopic (exact) mass is 252 g/mol. The highest BCUT2D eigenvalue weighted by atomic mass is 16.5. The Kier molecular flexibility index (Phi) is 4.37. The Morgan fingerprint density at radius 2 is 1.78 bits per heavy atom. The Morgan fingerprint density at radius 3 is 2.28 bits per heavy atom. The third-order valence-electron chi connectivity index (χ3n) is 5.43. The molecule has 0 saturated heterocycles. The van der Waals surface area contributed by atoms with Crippen LogP contribution in [-0.4, -0.2) is 18.3 Å². The summed E-state index contributed by atoms with van der Waals surface area (Å²) in [4.78, 5) is 0. The first-order valence-corrected chi connectivity index (χ1v) is 7.45. The fourth-order valence-electron chi connectivity index (χ4n) is 3.82. The van der Waals surface area contributed by atoms with Gasteiger partial charge in [-0.1, -0.05) is 13.8 Å². The van der Waals surface area contributed by atoms with E-state index < -0.39 is 0 Å². The zero-order valence-electron chi connectivity index (χ0n) is 12.1. The zero-order chi connectivity index (χ0) is 13.2. The second-order valence-corrected chi connectivity index (χ2v) is 6.67. The first-order chi connectivity index (χ1) is 8.54. The number of aliphatic hydroxyl groups is 1. The fraction of sp³-hybridized carbons (Fsp3) is 0.875. The smallest absolute Gasteiger partial charge is 0.0915 e. The second kappa shape index (κ2) is 5.64. The molecule has 2 heteroatoms. The topological polar surface area (TPSA) is 29.5 Å². The zero-order valence-corrected chi connectivity index (χ0v) is 12.1. The Bertz CT molecular complexity index is 298. The lowest BCUT2D eigenvalue weighted by Gasteiger charge is -2.44. The van der Waals surface area contributed by atoms with E-state index in [1.165, 1.54) is 25.0 Å². The lowest BCUT2D eigenvalue weighted by Crippen LogP contribution is -2.36. The minimum absolute atomic E-state index is 0.0385. The van der Waals surface area contributed by atoms with Crippen LogP contribution in [-0.2, 0) is 4.74 Å². The molecule has 0 aromatic rings. The molecule has 1 saturated carbocycles. The van der Waals surface area contributed by atoms with Gasteiger partial charge in [0.05, 0.1) is 19.0 Å². The van der Waals surface area contributed by atoms with Crippen LogP contribution in [0.5, 0.6) is 0 Å². The summed E-state index contributed by atoms with van der Waals surface area (Å²) < 4.78 is 5.34. The molecule has 0 aromatic heterocycles. The first kappa shape index (κ1) is 13.9. The van der Waals surface area contributed by atoms with Gasteiger partial charge in [-0.05, 0) is 61.9 Å². The molecule has 2 nitrogen and oxygen atoms in total. The molecule has 1 unspecified atom stereocenters. The Hall–Kier alpha value is -0.500. The van der Waals surface area contributed by atoms with Crippen molar-refractivity contribution < 1.29 is 9.84 Å². The summed E-state index contributed by atoms with van der Waals surface area (Å²) in [7, 11) is 1.78. The molecule has 0 spiro atoms. The molecule has 2 rings (SSSR count). The van der Waals surface area contributed by atoms with Crippen molar-refractivity contribution in [1.29, 1.82) is 0 Å². The van der Waals surface area contributed by atoms with Crippen LogP contribution in [0, 0.1) is 17.3 Å². The van der Waals surface area contributed by atoms with E-state index in [9.17, 15) is 5.11 Å². The molecule has 0 radical (unpaired) electrons. The van der Waals surface area contributed by atoms with E-state index in [1.807, 2.05) is 0 Å².